The van der Waals surface area contributed by atoms with Crippen LogP contribution in [0.15, 0.2) is 46.2 Å². The molecule has 0 radical (unpaired) electrons. The lowest BCUT2D eigenvalue weighted by Crippen LogP contribution is -2.24. The van der Waals surface area contributed by atoms with Gasteiger partial charge in [0.05, 0.1) is 19.0 Å². The maximum Gasteiger partial charge on any atom is 0.191 e. The Bertz CT molecular complexity index is 567. The fourth-order valence-corrected chi connectivity index (χ4v) is 2.19. The predicted molar refractivity (Wildman–Crippen MR) is 84.3 cm³/mol. The van der Waals surface area contributed by atoms with Crippen molar-refractivity contribution in [2.45, 2.75) is 0 Å². The van der Waals surface area contributed by atoms with Gasteiger partial charge in [0.2, 0.25) is 0 Å². The number of nitrogens with zero attached hydrogens (tertiary/aromatic N) is 1. The van der Waals surface area contributed by atoms with E-state index < -0.39 is 0 Å². The highest BCUT2D eigenvalue weighted by Gasteiger charge is 2.02. The summed E-state index contributed by atoms with van der Waals surface area (Å²) < 4.78 is 5.22. The first-order chi connectivity index (χ1) is 9.29. The van der Waals surface area contributed by atoms with E-state index in [0.29, 0.717) is 5.11 Å². The molecule has 1 heterocycles. The molecule has 0 aliphatic rings. The SMILES string of the molecule is COc1ccccc1NC(=S)N/N=C\c1ccsc1. The number of para-hydroxylation sites is 2. The summed E-state index contributed by atoms with van der Waals surface area (Å²) in [6, 6.07) is 9.53. The zero-order valence-electron chi connectivity index (χ0n) is 10.3. The van der Waals surface area contributed by atoms with Crippen LogP contribution >= 0.6 is 23.6 Å². The van der Waals surface area contributed by atoms with Gasteiger partial charge < -0.3 is 10.1 Å². The molecule has 0 bridgehead atoms. The van der Waals surface area contributed by atoms with E-state index in [1.807, 2.05) is 41.1 Å². The number of anilines is 1. The van der Waals surface area contributed by atoms with E-state index in [1.165, 1.54) is 0 Å². The number of hydrogen-bond donors (Lipinski definition) is 2. The Morgan fingerprint density at radius 3 is 2.95 bits per heavy atom. The smallest absolute Gasteiger partial charge is 0.191 e. The van der Waals surface area contributed by atoms with Gasteiger partial charge in [0.25, 0.3) is 0 Å². The van der Waals surface area contributed by atoms with Crippen molar-refractivity contribution in [1.29, 1.82) is 0 Å². The van der Waals surface area contributed by atoms with Crippen LogP contribution in [0.25, 0.3) is 0 Å². The van der Waals surface area contributed by atoms with Crippen molar-refractivity contribution in [3.8, 4) is 5.75 Å². The molecule has 0 aliphatic carbocycles. The third kappa shape index (κ3) is 4.04. The standard InChI is InChI=1S/C13H13N3OS2/c1-17-12-5-3-2-4-11(12)15-13(18)16-14-8-10-6-7-19-9-10/h2-9H,1H3,(H2,15,16,18)/b14-8-. The van der Waals surface area contributed by atoms with Crippen molar-refractivity contribution in [3.05, 3.63) is 46.7 Å². The maximum atomic E-state index is 5.22. The second-order valence-corrected chi connectivity index (χ2v) is 4.77. The molecule has 0 unspecified atom stereocenters. The summed E-state index contributed by atoms with van der Waals surface area (Å²) in [7, 11) is 1.62. The first kappa shape index (κ1) is 13.5. The van der Waals surface area contributed by atoms with E-state index in [9.17, 15) is 0 Å². The van der Waals surface area contributed by atoms with E-state index in [2.05, 4.69) is 15.8 Å². The number of thiophene rings is 1. The van der Waals surface area contributed by atoms with E-state index >= 15 is 0 Å². The minimum absolute atomic E-state index is 0.413. The molecule has 0 aliphatic heterocycles. The number of hydrazone groups is 1. The molecule has 2 rings (SSSR count). The molecule has 2 aromatic rings. The fourth-order valence-electron chi connectivity index (χ4n) is 1.41. The van der Waals surface area contributed by atoms with Gasteiger partial charge in [0, 0.05) is 5.56 Å². The molecule has 98 valence electrons. The molecular formula is C13H13N3OS2. The summed E-state index contributed by atoms with van der Waals surface area (Å²) in [4.78, 5) is 0. The van der Waals surface area contributed by atoms with Crippen molar-refractivity contribution in [1.82, 2.24) is 5.43 Å². The molecule has 0 saturated carbocycles. The topological polar surface area (TPSA) is 45.6 Å². The molecule has 0 atom stereocenters. The molecule has 4 nitrogen and oxygen atoms in total. The highest BCUT2D eigenvalue weighted by Crippen LogP contribution is 2.22. The average Bonchev–Trinajstić information content (AvgIpc) is 2.92. The normalized spacial score (nSPS) is 10.4. The second-order valence-electron chi connectivity index (χ2n) is 3.58. The minimum atomic E-state index is 0.413. The molecule has 1 aromatic heterocycles. The van der Waals surface area contributed by atoms with Crippen LogP contribution < -0.4 is 15.5 Å². The summed E-state index contributed by atoms with van der Waals surface area (Å²) in [5.41, 5.74) is 4.60. The lowest BCUT2D eigenvalue weighted by molar-refractivity contribution is 0.417. The van der Waals surface area contributed by atoms with Crippen LogP contribution in [0, 0.1) is 0 Å². The predicted octanol–water partition coefficient (Wildman–Crippen LogP) is 3.08. The number of methoxy groups -OCH3 is 1. The lowest BCUT2D eigenvalue weighted by Gasteiger charge is -2.10. The van der Waals surface area contributed by atoms with Crippen LogP contribution in [-0.4, -0.2) is 18.4 Å². The summed E-state index contributed by atoms with van der Waals surface area (Å²) >= 11 is 6.77. The molecule has 6 heteroatoms. The van der Waals surface area contributed by atoms with Gasteiger partial charge in [0.15, 0.2) is 5.11 Å². The average molecular weight is 291 g/mol. The summed E-state index contributed by atoms with van der Waals surface area (Å²) in [5, 5.41) is 11.5. The van der Waals surface area contributed by atoms with Crippen LogP contribution in [-0.2, 0) is 0 Å². The van der Waals surface area contributed by atoms with Gasteiger partial charge in [-0.25, -0.2) is 0 Å². The van der Waals surface area contributed by atoms with E-state index in [1.54, 1.807) is 24.7 Å². The number of nitrogens with one attached hydrogen (secondary N) is 2. The number of rotatable bonds is 4. The molecule has 0 spiro atoms. The molecule has 0 saturated heterocycles. The van der Waals surface area contributed by atoms with E-state index in [0.717, 1.165) is 17.0 Å². The highest BCUT2D eigenvalue weighted by atomic mass is 32.1. The molecule has 0 amide bonds. The highest BCUT2D eigenvalue weighted by molar-refractivity contribution is 7.80. The van der Waals surface area contributed by atoms with Gasteiger partial charge in [-0.05, 0) is 41.2 Å². The van der Waals surface area contributed by atoms with Gasteiger partial charge in [-0.15, -0.1) is 0 Å². The van der Waals surface area contributed by atoms with Gasteiger partial charge in [-0.3, -0.25) is 5.43 Å². The van der Waals surface area contributed by atoms with E-state index in [-0.39, 0.29) is 0 Å². The fraction of sp³-hybridized carbons (Fsp3) is 0.0769. The Labute approximate surface area is 121 Å². The maximum absolute atomic E-state index is 5.22. The summed E-state index contributed by atoms with van der Waals surface area (Å²) in [5.74, 6) is 0.730. The molecule has 19 heavy (non-hydrogen) atoms. The van der Waals surface area contributed by atoms with Crippen LogP contribution in [0.2, 0.25) is 0 Å². The van der Waals surface area contributed by atoms with Crippen LogP contribution in [0.4, 0.5) is 5.69 Å². The van der Waals surface area contributed by atoms with Crippen molar-refractivity contribution in [3.63, 3.8) is 0 Å². The van der Waals surface area contributed by atoms with Crippen LogP contribution in [0.5, 0.6) is 5.75 Å². The molecule has 2 N–H and O–H groups in total. The summed E-state index contributed by atoms with van der Waals surface area (Å²) in [6.45, 7) is 0. The first-order valence-corrected chi connectivity index (χ1v) is 6.90. The van der Waals surface area contributed by atoms with Crippen molar-refractivity contribution in [2.75, 3.05) is 12.4 Å². The zero-order valence-corrected chi connectivity index (χ0v) is 11.9. The third-order valence-corrected chi connectivity index (χ3v) is 3.17. The Kier molecular flexibility index (Phi) is 4.88. The third-order valence-electron chi connectivity index (χ3n) is 2.28. The number of benzene rings is 1. The van der Waals surface area contributed by atoms with Gasteiger partial charge in [0.1, 0.15) is 5.75 Å². The second kappa shape index (κ2) is 6.86. The quantitative estimate of drug-likeness (QED) is 0.516. The molecular weight excluding hydrogens is 278 g/mol. The Balaban J connectivity index is 1.91. The van der Waals surface area contributed by atoms with Crippen LogP contribution in [0.3, 0.4) is 0 Å². The summed E-state index contributed by atoms with van der Waals surface area (Å²) in [6.07, 6.45) is 1.71. The van der Waals surface area contributed by atoms with Gasteiger partial charge >= 0.3 is 0 Å². The Morgan fingerprint density at radius 2 is 2.21 bits per heavy atom. The van der Waals surface area contributed by atoms with Gasteiger partial charge in [-0.2, -0.15) is 16.4 Å². The van der Waals surface area contributed by atoms with Gasteiger partial charge in [-0.1, -0.05) is 12.1 Å². The Morgan fingerprint density at radius 1 is 1.37 bits per heavy atom. The van der Waals surface area contributed by atoms with Crippen LogP contribution in [0.1, 0.15) is 5.56 Å². The van der Waals surface area contributed by atoms with Crippen molar-refractivity contribution < 1.29 is 4.74 Å². The van der Waals surface area contributed by atoms with E-state index in [4.69, 9.17) is 17.0 Å². The largest absolute Gasteiger partial charge is 0.495 e. The monoisotopic (exact) mass is 291 g/mol. The molecule has 1 aromatic carbocycles. The number of ether oxygens (including phenoxy) is 1. The minimum Gasteiger partial charge on any atom is -0.495 e. The number of thiocarbonyl (C=S) groups is 1. The van der Waals surface area contributed by atoms with Crippen molar-refractivity contribution in [2.24, 2.45) is 5.10 Å². The molecule has 0 fully saturated rings. The Hall–Kier alpha value is -1.92. The lowest BCUT2D eigenvalue weighted by atomic mass is 10.3. The first-order valence-electron chi connectivity index (χ1n) is 5.55. The zero-order chi connectivity index (χ0) is 13.5. The number of hydrogen-bond acceptors (Lipinski definition) is 4. The van der Waals surface area contributed by atoms with Crippen molar-refractivity contribution >= 4 is 40.6 Å².